The summed E-state index contributed by atoms with van der Waals surface area (Å²) in [6.45, 7) is 3.37. The van der Waals surface area contributed by atoms with Crippen molar-refractivity contribution in [2.45, 2.75) is 25.1 Å². The largest absolute Gasteiger partial charge is 0.390 e. The molecule has 33 heavy (non-hydrogen) atoms. The van der Waals surface area contributed by atoms with Crippen LogP contribution in [0.2, 0.25) is 0 Å². The minimum absolute atomic E-state index is 0.141. The van der Waals surface area contributed by atoms with Crippen LogP contribution in [0.1, 0.15) is 21.7 Å². The highest BCUT2D eigenvalue weighted by atomic mass is 16.5. The Balaban J connectivity index is 1.14. The van der Waals surface area contributed by atoms with Gasteiger partial charge in [0, 0.05) is 55.5 Å². The number of anilines is 1. The van der Waals surface area contributed by atoms with Crippen molar-refractivity contribution in [1.82, 2.24) is 30.4 Å². The van der Waals surface area contributed by atoms with E-state index in [2.05, 4.69) is 35.7 Å². The highest BCUT2D eigenvalue weighted by Crippen LogP contribution is 2.28. The average Bonchev–Trinajstić information content (AvgIpc) is 3.24. The van der Waals surface area contributed by atoms with E-state index in [1.54, 1.807) is 6.07 Å². The monoisotopic (exact) mass is 449 g/mol. The van der Waals surface area contributed by atoms with E-state index < -0.39 is 6.10 Å². The minimum atomic E-state index is -0.700. The molecule has 5 rings (SSSR count). The summed E-state index contributed by atoms with van der Waals surface area (Å²) in [6, 6.07) is 11.9. The standard InChI is InChI=1S/C23H27N7O3/c31-17(9-24-23(32)20-8-21(26-14-25-20)27-16-12-33-13-16)10-30-7-6-19-18(11-30)22(29-28-19)15-4-2-1-3-5-15/h1-5,8,14,16-17,31H,6-7,9-13H2,(H,24,32)(H,28,29)(H,25,26,27). The summed E-state index contributed by atoms with van der Waals surface area (Å²) in [7, 11) is 0. The van der Waals surface area contributed by atoms with Crippen LogP contribution in [0, 0.1) is 0 Å². The third-order valence-electron chi connectivity index (χ3n) is 5.92. The zero-order valence-electron chi connectivity index (χ0n) is 18.2. The molecule has 1 saturated heterocycles. The smallest absolute Gasteiger partial charge is 0.270 e. The van der Waals surface area contributed by atoms with Gasteiger partial charge in [0.2, 0.25) is 0 Å². The molecule has 2 aliphatic heterocycles. The zero-order valence-corrected chi connectivity index (χ0v) is 18.2. The van der Waals surface area contributed by atoms with E-state index in [4.69, 9.17) is 4.74 Å². The van der Waals surface area contributed by atoms with Crippen LogP contribution in [-0.4, -0.2) is 81.1 Å². The van der Waals surface area contributed by atoms with Gasteiger partial charge in [-0.2, -0.15) is 5.10 Å². The van der Waals surface area contributed by atoms with E-state index in [1.165, 1.54) is 11.9 Å². The van der Waals surface area contributed by atoms with Gasteiger partial charge >= 0.3 is 0 Å². The minimum Gasteiger partial charge on any atom is -0.390 e. The predicted molar refractivity (Wildman–Crippen MR) is 122 cm³/mol. The van der Waals surface area contributed by atoms with Gasteiger partial charge in [0.05, 0.1) is 31.1 Å². The van der Waals surface area contributed by atoms with Crippen LogP contribution in [0.3, 0.4) is 0 Å². The molecule has 10 nitrogen and oxygen atoms in total. The zero-order chi connectivity index (χ0) is 22.6. The number of nitrogens with one attached hydrogen (secondary N) is 3. The SMILES string of the molecule is O=C(NCC(O)CN1CCc2[nH]nc(-c3ccccc3)c2C1)c1cc(NC2COC2)ncn1. The van der Waals surface area contributed by atoms with Gasteiger partial charge < -0.3 is 20.5 Å². The number of aliphatic hydroxyl groups is 1. The number of amides is 1. The van der Waals surface area contributed by atoms with Gasteiger partial charge in [-0.3, -0.25) is 14.8 Å². The fourth-order valence-corrected chi connectivity index (χ4v) is 4.09. The molecule has 1 unspecified atom stereocenters. The fraction of sp³-hybridized carbons (Fsp3) is 0.391. The van der Waals surface area contributed by atoms with E-state index in [-0.39, 0.29) is 24.2 Å². The number of ether oxygens (including phenoxy) is 1. The van der Waals surface area contributed by atoms with E-state index in [0.29, 0.717) is 32.1 Å². The first-order valence-electron chi connectivity index (χ1n) is 11.1. The lowest BCUT2D eigenvalue weighted by Gasteiger charge is -2.29. The summed E-state index contributed by atoms with van der Waals surface area (Å²) in [4.78, 5) is 22.9. The van der Waals surface area contributed by atoms with Crippen molar-refractivity contribution in [2.24, 2.45) is 0 Å². The highest BCUT2D eigenvalue weighted by molar-refractivity contribution is 5.92. The van der Waals surface area contributed by atoms with Crippen molar-refractivity contribution in [3.8, 4) is 11.3 Å². The summed E-state index contributed by atoms with van der Waals surface area (Å²) < 4.78 is 5.13. The molecule has 10 heteroatoms. The summed E-state index contributed by atoms with van der Waals surface area (Å²) in [5.74, 6) is 0.244. The molecule has 4 heterocycles. The molecule has 2 aromatic heterocycles. The first kappa shape index (κ1) is 21.5. The Morgan fingerprint density at radius 1 is 1.27 bits per heavy atom. The maximum atomic E-state index is 12.5. The Bertz CT molecular complexity index is 1100. The van der Waals surface area contributed by atoms with Crippen LogP contribution in [0.25, 0.3) is 11.3 Å². The molecule has 0 saturated carbocycles. The Labute approximate surface area is 191 Å². The number of nitrogens with zero attached hydrogens (tertiary/aromatic N) is 4. The molecule has 2 aliphatic rings. The van der Waals surface area contributed by atoms with Crippen molar-refractivity contribution in [3.63, 3.8) is 0 Å². The lowest BCUT2D eigenvalue weighted by Crippen LogP contribution is -2.42. The van der Waals surface area contributed by atoms with Gasteiger partial charge in [-0.05, 0) is 0 Å². The molecule has 0 radical (unpaired) electrons. The highest BCUT2D eigenvalue weighted by Gasteiger charge is 2.24. The van der Waals surface area contributed by atoms with Crippen LogP contribution in [0.4, 0.5) is 5.82 Å². The normalized spacial score (nSPS) is 17.1. The number of fused-ring (bicyclic) bond motifs is 1. The number of β-amino-alcohol motifs (C(OH)–C–C–N with tert-alkyl or cyclic N) is 1. The summed E-state index contributed by atoms with van der Waals surface area (Å²) >= 11 is 0. The number of benzene rings is 1. The first-order valence-corrected chi connectivity index (χ1v) is 11.1. The average molecular weight is 450 g/mol. The Morgan fingerprint density at radius 2 is 2.12 bits per heavy atom. The molecular weight excluding hydrogens is 422 g/mol. The molecule has 0 spiro atoms. The van der Waals surface area contributed by atoms with Gasteiger partial charge in [-0.15, -0.1) is 0 Å². The van der Waals surface area contributed by atoms with Gasteiger partial charge in [0.25, 0.3) is 5.91 Å². The number of hydrogen-bond acceptors (Lipinski definition) is 8. The Hall–Kier alpha value is -3.34. The van der Waals surface area contributed by atoms with Crippen LogP contribution in [0.5, 0.6) is 0 Å². The number of hydrogen-bond donors (Lipinski definition) is 4. The molecule has 1 atom stereocenters. The topological polar surface area (TPSA) is 128 Å². The molecule has 1 fully saturated rings. The van der Waals surface area contributed by atoms with E-state index >= 15 is 0 Å². The van der Waals surface area contributed by atoms with Gasteiger partial charge in [0.15, 0.2) is 0 Å². The van der Waals surface area contributed by atoms with Gasteiger partial charge in [0.1, 0.15) is 17.8 Å². The second-order valence-electron chi connectivity index (χ2n) is 8.41. The van der Waals surface area contributed by atoms with Crippen LogP contribution < -0.4 is 10.6 Å². The van der Waals surface area contributed by atoms with E-state index in [0.717, 1.165) is 29.9 Å². The molecular formula is C23H27N7O3. The van der Waals surface area contributed by atoms with Crippen molar-refractivity contribution in [3.05, 3.63) is 59.7 Å². The van der Waals surface area contributed by atoms with Crippen molar-refractivity contribution >= 4 is 11.7 Å². The molecule has 0 bridgehead atoms. The Kier molecular flexibility index (Phi) is 6.29. The maximum Gasteiger partial charge on any atom is 0.270 e. The van der Waals surface area contributed by atoms with E-state index in [1.807, 2.05) is 30.3 Å². The van der Waals surface area contributed by atoms with Crippen LogP contribution >= 0.6 is 0 Å². The molecule has 1 amide bonds. The van der Waals surface area contributed by atoms with Crippen molar-refractivity contribution in [1.29, 1.82) is 0 Å². The number of aromatic nitrogens is 4. The quantitative estimate of drug-likeness (QED) is 0.398. The maximum absolute atomic E-state index is 12.5. The number of H-pyrrole nitrogens is 1. The van der Waals surface area contributed by atoms with Crippen molar-refractivity contribution in [2.75, 3.05) is 38.2 Å². The molecule has 172 valence electrons. The number of aliphatic hydroxyl groups excluding tert-OH is 1. The van der Waals surface area contributed by atoms with Gasteiger partial charge in [-0.25, -0.2) is 9.97 Å². The molecule has 3 aromatic rings. The fourth-order valence-electron chi connectivity index (χ4n) is 4.09. The molecule has 4 N–H and O–H groups in total. The van der Waals surface area contributed by atoms with Crippen LogP contribution in [-0.2, 0) is 17.7 Å². The lowest BCUT2D eigenvalue weighted by atomic mass is 10.0. The summed E-state index contributed by atoms with van der Waals surface area (Å²) in [6.07, 6.45) is 1.50. The number of carbonyl (C=O) groups excluding carboxylic acids is 1. The number of carbonyl (C=O) groups is 1. The second kappa shape index (κ2) is 9.65. The van der Waals surface area contributed by atoms with E-state index in [9.17, 15) is 9.90 Å². The first-order chi connectivity index (χ1) is 16.2. The third-order valence-corrected chi connectivity index (χ3v) is 5.92. The second-order valence-corrected chi connectivity index (χ2v) is 8.41. The Morgan fingerprint density at radius 3 is 2.91 bits per heavy atom. The third kappa shape index (κ3) is 5.03. The molecule has 0 aliphatic carbocycles. The van der Waals surface area contributed by atoms with Crippen molar-refractivity contribution < 1.29 is 14.6 Å². The lowest BCUT2D eigenvalue weighted by molar-refractivity contribution is 0.0209. The predicted octanol–water partition coefficient (Wildman–Crippen LogP) is 0.826. The van der Waals surface area contributed by atoms with Crippen LogP contribution in [0.15, 0.2) is 42.7 Å². The summed E-state index contributed by atoms with van der Waals surface area (Å²) in [5, 5.41) is 24.2. The molecule has 1 aromatic carbocycles. The number of rotatable bonds is 8. The summed E-state index contributed by atoms with van der Waals surface area (Å²) in [5.41, 5.74) is 4.61. The van der Waals surface area contributed by atoms with Gasteiger partial charge in [-0.1, -0.05) is 30.3 Å². The number of aromatic amines is 1.